The predicted octanol–water partition coefficient (Wildman–Crippen LogP) is 5.89. The summed E-state index contributed by atoms with van der Waals surface area (Å²) in [4.78, 5) is 17.3. The molecule has 4 aromatic heterocycles. The zero-order chi connectivity index (χ0) is 23.1. The van der Waals surface area contributed by atoms with Crippen LogP contribution in [0.2, 0.25) is 0 Å². The molecule has 0 bridgehead atoms. The van der Waals surface area contributed by atoms with Gasteiger partial charge in [0.15, 0.2) is 0 Å². The van der Waals surface area contributed by atoms with Crippen molar-refractivity contribution < 1.29 is 0 Å². The van der Waals surface area contributed by atoms with Crippen LogP contribution in [0.25, 0.3) is 38.9 Å². The highest BCUT2D eigenvalue weighted by molar-refractivity contribution is 7.08. The Kier molecular flexibility index (Phi) is 5.00. The van der Waals surface area contributed by atoms with Crippen LogP contribution in [0.4, 0.5) is 11.4 Å². The second-order valence-electron chi connectivity index (χ2n) is 8.53. The van der Waals surface area contributed by atoms with Crippen molar-refractivity contribution in [3.8, 4) is 22.3 Å². The molecule has 0 saturated heterocycles. The molecule has 1 aliphatic rings. The van der Waals surface area contributed by atoms with Gasteiger partial charge in [-0.25, -0.2) is 4.98 Å². The monoisotopic (exact) mass is 465 g/mol. The second-order valence-corrected chi connectivity index (χ2v) is 9.31. The van der Waals surface area contributed by atoms with Crippen molar-refractivity contribution in [2.24, 2.45) is 0 Å². The first-order chi connectivity index (χ1) is 16.7. The number of aromatic nitrogens is 4. The molecule has 0 aliphatic carbocycles. The number of thiophene rings is 1. The summed E-state index contributed by atoms with van der Waals surface area (Å²) in [5.41, 5.74) is 16.5. The van der Waals surface area contributed by atoms with Gasteiger partial charge in [0.1, 0.15) is 5.82 Å². The average Bonchev–Trinajstić information content (AvgIpc) is 3.53. The maximum absolute atomic E-state index is 4.99. The molecule has 0 spiro atoms. The van der Waals surface area contributed by atoms with E-state index in [-0.39, 0.29) is 0 Å². The summed E-state index contributed by atoms with van der Waals surface area (Å²) in [6.45, 7) is 4.24. The highest BCUT2D eigenvalue weighted by Crippen LogP contribution is 2.36. The Labute approximate surface area is 201 Å². The van der Waals surface area contributed by atoms with Gasteiger partial charge in [-0.1, -0.05) is 6.07 Å². The zero-order valence-electron chi connectivity index (χ0n) is 18.8. The summed E-state index contributed by atoms with van der Waals surface area (Å²) in [6, 6.07) is 10.9. The minimum atomic E-state index is 0.340. The van der Waals surface area contributed by atoms with Crippen LogP contribution >= 0.6 is 11.3 Å². The number of pyridine rings is 2. The number of anilines is 2. The quantitative estimate of drug-likeness (QED) is 0.259. The Morgan fingerprint density at radius 3 is 2.68 bits per heavy atom. The molecular weight excluding hydrogens is 442 g/mol. The van der Waals surface area contributed by atoms with Gasteiger partial charge in [-0.2, -0.15) is 11.3 Å². The van der Waals surface area contributed by atoms with Crippen molar-refractivity contribution >= 4 is 39.3 Å². The Morgan fingerprint density at radius 1 is 0.912 bits per heavy atom. The number of hydrogen-bond acceptors (Lipinski definition) is 7. The standard InChI is InChI=1S/C26H23N7S/c1-15(2)30-19-7-18(9-27-10-19)16-3-4-23-20(8-16)22(12-29-33-23)26-31-24-13-28-11-21(25(24)32-26)17-5-6-34-14-17/h3-15,29-30,33H,1-2H3,(H,31,32). The molecule has 7 nitrogen and oxygen atoms in total. The second kappa shape index (κ2) is 8.31. The minimum absolute atomic E-state index is 0.340. The van der Waals surface area contributed by atoms with E-state index in [2.05, 4.69) is 86.1 Å². The van der Waals surface area contributed by atoms with Crippen molar-refractivity contribution in [2.45, 2.75) is 19.9 Å². The van der Waals surface area contributed by atoms with Crippen molar-refractivity contribution in [1.29, 1.82) is 0 Å². The lowest BCUT2D eigenvalue weighted by atomic mass is 9.97. The lowest BCUT2D eigenvalue weighted by molar-refractivity contribution is 0.898. The molecule has 1 aromatic carbocycles. The van der Waals surface area contributed by atoms with Gasteiger partial charge in [0, 0.05) is 53.1 Å². The third kappa shape index (κ3) is 3.68. The lowest BCUT2D eigenvalue weighted by Crippen LogP contribution is -2.21. The van der Waals surface area contributed by atoms with Crippen LogP contribution < -0.4 is 16.2 Å². The fourth-order valence-corrected chi connectivity index (χ4v) is 4.87. The molecule has 0 saturated carbocycles. The molecule has 8 heteroatoms. The Morgan fingerprint density at radius 2 is 1.82 bits per heavy atom. The molecule has 0 radical (unpaired) electrons. The lowest BCUT2D eigenvalue weighted by Gasteiger charge is -2.20. The van der Waals surface area contributed by atoms with E-state index in [0.717, 1.165) is 61.6 Å². The molecule has 5 heterocycles. The highest BCUT2D eigenvalue weighted by atomic mass is 32.1. The number of nitrogens with one attached hydrogen (secondary N) is 4. The van der Waals surface area contributed by atoms with Gasteiger partial charge in [0.25, 0.3) is 0 Å². The van der Waals surface area contributed by atoms with Crippen LogP contribution in [-0.2, 0) is 0 Å². The normalized spacial score (nSPS) is 12.7. The Bertz CT molecular complexity index is 1520. The van der Waals surface area contributed by atoms with Crippen molar-refractivity contribution in [3.05, 3.63) is 83.5 Å². The SMILES string of the molecule is CC(C)Nc1cncc(-c2ccc3c(c2)C(c2nc4c(-c5ccsc5)cncc4[nH]2)=CNN3)c1. The van der Waals surface area contributed by atoms with Crippen LogP contribution in [0.3, 0.4) is 0 Å². The van der Waals surface area contributed by atoms with Crippen LogP contribution in [0.15, 0.2) is 72.1 Å². The molecule has 6 rings (SSSR count). The fraction of sp³-hybridized carbons (Fsp3) is 0.115. The molecule has 0 atom stereocenters. The van der Waals surface area contributed by atoms with E-state index in [1.165, 1.54) is 0 Å². The number of aromatic amines is 1. The predicted molar refractivity (Wildman–Crippen MR) is 139 cm³/mol. The van der Waals surface area contributed by atoms with Crippen molar-refractivity contribution in [2.75, 3.05) is 10.7 Å². The van der Waals surface area contributed by atoms with Crippen LogP contribution in [0, 0.1) is 0 Å². The number of hydrazine groups is 1. The summed E-state index contributed by atoms with van der Waals surface area (Å²) in [7, 11) is 0. The van der Waals surface area contributed by atoms with E-state index in [0.29, 0.717) is 6.04 Å². The van der Waals surface area contributed by atoms with Gasteiger partial charge < -0.3 is 21.2 Å². The van der Waals surface area contributed by atoms with Gasteiger partial charge in [-0.15, -0.1) is 0 Å². The fourth-order valence-electron chi connectivity index (χ4n) is 4.21. The smallest absolute Gasteiger partial charge is 0.140 e. The van der Waals surface area contributed by atoms with Gasteiger partial charge in [-0.3, -0.25) is 9.97 Å². The molecular formula is C26H23N7S. The van der Waals surface area contributed by atoms with Gasteiger partial charge >= 0.3 is 0 Å². The number of benzene rings is 1. The Hall–Kier alpha value is -4.17. The maximum atomic E-state index is 4.99. The number of fused-ring (bicyclic) bond motifs is 2. The number of hydrogen-bond donors (Lipinski definition) is 4. The minimum Gasteiger partial charge on any atom is -0.382 e. The summed E-state index contributed by atoms with van der Waals surface area (Å²) in [5, 5.41) is 7.61. The molecule has 4 N–H and O–H groups in total. The number of rotatable bonds is 5. The first-order valence-corrected chi connectivity index (χ1v) is 12.0. The molecule has 0 unspecified atom stereocenters. The first-order valence-electron chi connectivity index (χ1n) is 11.1. The zero-order valence-corrected chi connectivity index (χ0v) is 19.6. The van der Waals surface area contributed by atoms with E-state index in [1.807, 2.05) is 31.0 Å². The van der Waals surface area contributed by atoms with Crippen molar-refractivity contribution in [3.63, 3.8) is 0 Å². The average molecular weight is 466 g/mol. The van der Waals surface area contributed by atoms with E-state index in [1.54, 1.807) is 11.3 Å². The molecule has 34 heavy (non-hydrogen) atoms. The van der Waals surface area contributed by atoms with Crippen LogP contribution in [0.5, 0.6) is 0 Å². The molecule has 0 fully saturated rings. The summed E-state index contributed by atoms with van der Waals surface area (Å²) in [6.07, 6.45) is 9.39. The first kappa shape index (κ1) is 20.4. The van der Waals surface area contributed by atoms with E-state index < -0.39 is 0 Å². The van der Waals surface area contributed by atoms with E-state index in [9.17, 15) is 0 Å². The van der Waals surface area contributed by atoms with E-state index >= 15 is 0 Å². The third-order valence-corrected chi connectivity index (χ3v) is 6.42. The largest absolute Gasteiger partial charge is 0.382 e. The van der Waals surface area contributed by atoms with Gasteiger partial charge in [0.2, 0.25) is 0 Å². The van der Waals surface area contributed by atoms with Gasteiger partial charge in [-0.05, 0) is 60.0 Å². The molecule has 5 aromatic rings. The molecule has 168 valence electrons. The number of H-pyrrole nitrogens is 1. The highest BCUT2D eigenvalue weighted by Gasteiger charge is 2.20. The number of imidazole rings is 1. The van der Waals surface area contributed by atoms with Crippen molar-refractivity contribution in [1.82, 2.24) is 25.4 Å². The summed E-state index contributed by atoms with van der Waals surface area (Å²) < 4.78 is 0. The number of nitrogens with zero attached hydrogens (tertiary/aromatic N) is 3. The summed E-state index contributed by atoms with van der Waals surface area (Å²) >= 11 is 1.67. The van der Waals surface area contributed by atoms with Crippen LogP contribution in [-0.4, -0.2) is 26.0 Å². The van der Waals surface area contributed by atoms with Gasteiger partial charge in [0.05, 0.1) is 28.6 Å². The van der Waals surface area contributed by atoms with Crippen LogP contribution in [0.1, 0.15) is 25.2 Å². The maximum Gasteiger partial charge on any atom is 0.140 e. The third-order valence-electron chi connectivity index (χ3n) is 5.74. The molecule has 1 aliphatic heterocycles. The Balaban J connectivity index is 1.42. The topological polar surface area (TPSA) is 90.6 Å². The summed E-state index contributed by atoms with van der Waals surface area (Å²) in [5.74, 6) is 0.792. The molecule has 0 amide bonds. The van der Waals surface area contributed by atoms with E-state index in [4.69, 9.17) is 4.98 Å².